The molecule has 0 bridgehead atoms. The van der Waals surface area contributed by atoms with Gasteiger partial charge in [-0.25, -0.2) is 4.79 Å². The zero-order valence-electron chi connectivity index (χ0n) is 19.7. The minimum absolute atomic E-state index is 0.0400. The highest BCUT2D eigenvalue weighted by Crippen LogP contribution is 2.57. The van der Waals surface area contributed by atoms with Crippen LogP contribution in [0.5, 0.6) is 0 Å². The van der Waals surface area contributed by atoms with Crippen LogP contribution in [0, 0.1) is 5.92 Å². The summed E-state index contributed by atoms with van der Waals surface area (Å²) in [4.78, 5) is 17.5. The third-order valence-corrected chi connectivity index (χ3v) is 7.99. The molecule has 0 spiro atoms. The molecule has 3 fully saturated rings. The molecule has 5 atom stereocenters. The van der Waals surface area contributed by atoms with Gasteiger partial charge in [-0.1, -0.05) is 11.6 Å². The average Bonchev–Trinajstić information content (AvgIpc) is 3.41. The second-order valence-corrected chi connectivity index (χ2v) is 12.2. The van der Waals surface area contributed by atoms with Crippen LogP contribution in [0.3, 0.4) is 0 Å². The van der Waals surface area contributed by atoms with Crippen LogP contribution in [0.1, 0.15) is 64.4 Å². The average molecular weight is 542 g/mol. The lowest BCUT2D eigenvalue weighted by molar-refractivity contribution is -0.168. The SMILES string of the molecule is CC(C)(C)OC(=O)N1C[C@@H](N2C[C@H]3C[C@@H]3c3cc(Cl)cc(Br)c32)C[C@H]1CO[C@H]1CCCCO1. The van der Waals surface area contributed by atoms with Crippen molar-refractivity contribution in [2.45, 2.75) is 82.8 Å². The van der Waals surface area contributed by atoms with Crippen LogP contribution in [-0.2, 0) is 14.2 Å². The molecule has 4 aliphatic rings. The number of ether oxygens (including phenoxy) is 3. The molecule has 0 N–H and O–H groups in total. The Bertz CT molecular complexity index is 901. The zero-order valence-corrected chi connectivity index (χ0v) is 22.0. The highest BCUT2D eigenvalue weighted by molar-refractivity contribution is 9.10. The first-order chi connectivity index (χ1) is 15.7. The fourth-order valence-corrected chi connectivity index (χ4v) is 6.62. The van der Waals surface area contributed by atoms with Crippen molar-refractivity contribution in [1.29, 1.82) is 0 Å². The van der Waals surface area contributed by atoms with Crippen molar-refractivity contribution in [2.75, 3.05) is 31.2 Å². The van der Waals surface area contributed by atoms with E-state index < -0.39 is 5.60 Å². The molecular formula is C25H34BrClN2O4. The minimum Gasteiger partial charge on any atom is -0.444 e. The molecule has 0 aromatic heterocycles. The van der Waals surface area contributed by atoms with Crippen LogP contribution in [0.25, 0.3) is 0 Å². The van der Waals surface area contributed by atoms with Gasteiger partial charge in [0.15, 0.2) is 6.29 Å². The molecule has 0 unspecified atom stereocenters. The van der Waals surface area contributed by atoms with E-state index in [0.29, 0.717) is 25.0 Å². The molecule has 5 rings (SSSR count). The van der Waals surface area contributed by atoms with Gasteiger partial charge in [-0.05, 0) is 98.3 Å². The maximum Gasteiger partial charge on any atom is 0.410 e. The Morgan fingerprint density at radius 2 is 2.06 bits per heavy atom. The summed E-state index contributed by atoms with van der Waals surface area (Å²) in [6.07, 6.45) is 4.75. The maximum atomic E-state index is 13.2. The molecule has 182 valence electrons. The van der Waals surface area contributed by atoms with E-state index in [1.54, 1.807) is 0 Å². The molecule has 3 aliphatic heterocycles. The lowest BCUT2D eigenvalue weighted by Gasteiger charge is -2.37. The number of hydrogen-bond donors (Lipinski definition) is 0. The van der Waals surface area contributed by atoms with Crippen LogP contribution in [0.4, 0.5) is 10.5 Å². The Morgan fingerprint density at radius 3 is 2.79 bits per heavy atom. The molecule has 6 nitrogen and oxygen atoms in total. The van der Waals surface area contributed by atoms with Crippen LogP contribution < -0.4 is 4.90 Å². The lowest BCUT2D eigenvalue weighted by atomic mass is 9.99. The highest BCUT2D eigenvalue weighted by Gasteiger charge is 2.49. The van der Waals surface area contributed by atoms with Gasteiger partial charge < -0.3 is 24.0 Å². The van der Waals surface area contributed by atoms with Gasteiger partial charge in [0.2, 0.25) is 0 Å². The summed E-state index contributed by atoms with van der Waals surface area (Å²) in [5, 5.41) is 0.772. The first kappa shape index (κ1) is 23.7. The van der Waals surface area contributed by atoms with E-state index in [4.69, 9.17) is 25.8 Å². The van der Waals surface area contributed by atoms with Gasteiger partial charge in [0.25, 0.3) is 0 Å². The van der Waals surface area contributed by atoms with Gasteiger partial charge in [-0.3, -0.25) is 0 Å². The van der Waals surface area contributed by atoms with E-state index in [0.717, 1.165) is 48.3 Å². The number of amides is 1. The van der Waals surface area contributed by atoms with Gasteiger partial charge in [0.05, 0.1) is 18.3 Å². The summed E-state index contributed by atoms with van der Waals surface area (Å²) < 4.78 is 18.7. The summed E-state index contributed by atoms with van der Waals surface area (Å²) in [5.74, 6) is 1.28. The topological polar surface area (TPSA) is 51.2 Å². The molecule has 33 heavy (non-hydrogen) atoms. The maximum absolute atomic E-state index is 13.2. The Labute approximate surface area is 210 Å². The molecule has 8 heteroatoms. The summed E-state index contributed by atoms with van der Waals surface area (Å²) in [6, 6.07) is 4.27. The fraction of sp³-hybridized carbons (Fsp3) is 0.720. The van der Waals surface area contributed by atoms with E-state index in [2.05, 4.69) is 26.9 Å². The standard InChI is InChI=1S/C25H34BrClN2O4/c1-25(2,3)33-24(30)29-13-17(11-18(29)14-32-22-6-4-5-7-31-22)28-12-15-8-19(15)20-9-16(27)10-21(26)23(20)28/h9-10,15,17-19,22H,4-8,11-14H2,1-3H3/t15-,17+,18+,19+,22+/m1/s1. The third-order valence-electron chi connectivity index (χ3n) is 7.17. The Morgan fingerprint density at radius 1 is 1.24 bits per heavy atom. The van der Waals surface area contributed by atoms with Crippen molar-refractivity contribution < 1.29 is 19.0 Å². The number of benzene rings is 1. The molecule has 1 aromatic carbocycles. The summed E-state index contributed by atoms with van der Waals surface area (Å²) >= 11 is 10.2. The first-order valence-electron chi connectivity index (χ1n) is 12.2. The summed E-state index contributed by atoms with van der Waals surface area (Å²) in [7, 11) is 0. The van der Waals surface area contributed by atoms with E-state index >= 15 is 0 Å². The van der Waals surface area contributed by atoms with Gasteiger partial charge in [-0.15, -0.1) is 0 Å². The minimum atomic E-state index is -0.536. The van der Waals surface area contributed by atoms with Crippen LogP contribution >= 0.6 is 27.5 Å². The molecule has 1 saturated carbocycles. The number of nitrogens with zero attached hydrogens (tertiary/aromatic N) is 2. The van der Waals surface area contributed by atoms with Crippen molar-refractivity contribution in [1.82, 2.24) is 4.90 Å². The molecular weight excluding hydrogens is 508 g/mol. The predicted molar refractivity (Wildman–Crippen MR) is 132 cm³/mol. The number of hydrogen-bond acceptors (Lipinski definition) is 5. The molecule has 3 heterocycles. The van der Waals surface area contributed by atoms with Gasteiger partial charge in [-0.2, -0.15) is 0 Å². The second kappa shape index (κ2) is 9.21. The van der Waals surface area contributed by atoms with Crippen molar-refractivity contribution in [3.63, 3.8) is 0 Å². The van der Waals surface area contributed by atoms with Gasteiger partial charge in [0, 0.05) is 35.2 Å². The first-order valence-corrected chi connectivity index (χ1v) is 13.3. The fourth-order valence-electron chi connectivity index (χ4n) is 5.56. The number of halogens is 2. The van der Waals surface area contributed by atoms with Crippen LogP contribution in [0.2, 0.25) is 5.02 Å². The summed E-state index contributed by atoms with van der Waals surface area (Å²) in [5.41, 5.74) is 2.04. The Balaban J connectivity index is 1.36. The molecule has 1 amide bonds. The monoisotopic (exact) mass is 540 g/mol. The smallest absolute Gasteiger partial charge is 0.410 e. The van der Waals surface area contributed by atoms with E-state index in [1.165, 1.54) is 17.7 Å². The van der Waals surface area contributed by atoms with Crippen molar-refractivity contribution in [3.8, 4) is 0 Å². The quantitative estimate of drug-likeness (QED) is 0.472. The number of fused-ring (bicyclic) bond motifs is 3. The van der Waals surface area contributed by atoms with E-state index in [1.807, 2.05) is 31.7 Å². The number of anilines is 1. The van der Waals surface area contributed by atoms with E-state index in [9.17, 15) is 4.79 Å². The number of rotatable bonds is 4. The van der Waals surface area contributed by atoms with Crippen molar-refractivity contribution in [2.24, 2.45) is 5.92 Å². The normalized spacial score (nSPS) is 31.2. The summed E-state index contributed by atoms with van der Waals surface area (Å²) in [6.45, 7) is 8.59. The van der Waals surface area contributed by atoms with Crippen LogP contribution in [0.15, 0.2) is 16.6 Å². The number of carbonyl (C=O) groups excluding carboxylic acids is 1. The van der Waals surface area contributed by atoms with Crippen molar-refractivity contribution >= 4 is 39.3 Å². The third kappa shape index (κ3) is 5.16. The van der Waals surface area contributed by atoms with Crippen molar-refractivity contribution in [3.05, 3.63) is 27.2 Å². The zero-order chi connectivity index (χ0) is 23.3. The molecule has 0 radical (unpaired) electrons. The van der Waals surface area contributed by atoms with Gasteiger partial charge >= 0.3 is 6.09 Å². The number of carbonyl (C=O) groups is 1. The Hall–Kier alpha value is -1.02. The Kier molecular flexibility index (Phi) is 6.62. The van der Waals surface area contributed by atoms with E-state index in [-0.39, 0.29) is 24.5 Å². The molecule has 1 aromatic rings. The second-order valence-electron chi connectivity index (χ2n) is 10.9. The van der Waals surface area contributed by atoms with Gasteiger partial charge in [0.1, 0.15) is 5.60 Å². The van der Waals surface area contributed by atoms with Crippen LogP contribution in [-0.4, -0.2) is 61.3 Å². The molecule has 2 saturated heterocycles. The highest BCUT2D eigenvalue weighted by atomic mass is 79.9. The predicted octanol–water partition coefficient (Wildman–Crippen LogP) is 5.95. The lowest BCUT2D eigenvalue weighted by Crippen LogP contribution is -2.44. The molecule has 1 aliphatic carbocycles. The largest absolute Gasteiger partial charge is 0.444 e. The number of likely N-dealkylation sites (tertiary alicyclic amines) is 1.